The summed E-state index contributed by atoms with van der Waals surface area (Å²) in [5.41, 5.74) is 0.632. The van der Waals surface area contributed by atoms with Gasteiger partial charge in [-0.25, -0.2) is 0 Å². The summed E-state index contributed by atoms with van der Waals surface area (Å²) >= 11 is 0. The van der Waals surface area contributed by atoms with E-state index in [2.05, 4.69) is 4.98 Å². The monoisotopic (exact) mass is 189 g/mol. The molecule has 1 fully saturated rings. The first kappa shape index (κ1) is 7.97. The van der Waals surface area contributed by atoms with E-state index in [4.69, 9.17) is 4.74 Å². The minimum Gasteiger partial charge on any atom is -0.485 e. The van der Waals surface area contributed by atoms with Gasteiger partial charge >= 0.3 is 0 Å². The van der Waals surface area contributed by atoms with Crippen molar-refractivity contribution in [2.24, 2.45) is 0 Å². The molecule has 2 aliphatic rings. The summed E-state index contributed by atoms with van der Waals surface area (Å²) < 4.78 is 5.84. The molecule has 0 N–H and O–H groups in total. The van der Waals surface area contributed by atoms with Gasteiger partial charge in [-0.1, -0.05) is 0 Å². The number of ketones is 1. The summed E-state index contributed by atoms with van der Waals surface area (Å²) in [5.74, 6) is 1.05. The average Bonchev–Trinajstić information content (AvgIpc) is 2.90. The van der Waals surface area contributed by atoms with Crippen molar-refractivity contribution in [3.05, 3.63) is 24.0 Å². The minimum absolute atomic E-state index is 0.161. The smallest absolute Gasteiger partial charge is 0.142 e. The third-order valence-corrected chi connectivity index (χ3v) is 2.87. The van der Waals surface area contributed by atoms with E-state index in [0.717, 1.165) is 24.3 Å². The second-order valence-corrected chi connectivity index (χ2v) is 4.13. The topological polar surface area (TPSA) is 39.2 Å². The highest BCUT2D eigenvalue weighted by Gasteiger charge is 2.48. The van der Waals surface area contributed by atoms with E-state index in [-0.39, 0.29) is 11.4 Å². The molecule has 1 aliphatic heterocycles. The summed E-state index contributed by atoms with van der Waals surface area (Å²) in [7, 11) is 0. The lowest BCUT2D eigenvalue weighted by Gasteiger charge is -2.14. The van der Waals surface area contributed by atoms with E-state index in [1.165, 1.54) is 0 Å². The number of carbonyl (C=O) groups excluding carboxylic acids is 1. The Bertz CT molecular complexity index is 396. The maximum atomic E-state index is 11.6. The van der Waals surface area contributed by atoms with Crippen LogP contribution in [0.3, 0.4) is 0 Å². The lowest BCUT2D eigenvalue weighted by molar-refractivity contribution is -0.119. The molecular formula is C11H11NO2. The van der Waals surface area contributed by atoms with Gasteiger partial charge in [0.2, 0.25) is 0 Å². The molecule has 1 aliphatic carbocycles. The van der Waals surface area contributed by atoms with Gasteiger partial charge in [0.05, 0.1) is 12.1 Å². The second kappa shape index (κ2) is 2.56. The first-order valence-electron chi connectivity index (χ1n) is 4.92. The molecule has 3 heteroatoms. The minimum atomic E-state index is -0.161. The third kappa shape index (κ3) is 1.20. The highest BCUT2D eigenvalue weighted by Crippen LogP contribution is 2.45. The first-order chi connectivity index (χ1) is 6.77. The predicted molar refractivity (Wildman–Crippen MR) is 50.2 cm³/mol. The number of nitrogens with zero attached hydrogens (tertiary/aromatic N) is 1. The average molecular weight is 189 g/mol. The molecule has 0 atom stereocenters. The Labute approximate surface area is 82.1 Å². The number of Topliss-reactive ketones (excluding diaryl/α,β-unsaturated/α-hetero) is 1. The van der Waals surface area contributed by atoms with Crippen LogP contribution in [0.15, 0.2) is 18.3 Å². The van der Waals surface area contributed by atoms with Gasteiger partial charge in [0, 0.05) is 12.6 Å². The number of ether oxygens (including phenoxy) is 1. The fraction of sp³-hybridized carbons (Fsp3) is 0.455. The first-order valence-corrected chi connectivity index (χ1v) is 4.92. The zero-order chi connectivity index (χ0) is 9.60. The van der Waals surface area contributed by atoms with E-state index in [9.17, 15) is 4.79 Å². The molecule has 14 heavy (non-hydrogen) atoms. The molecule has 1 aromatic heterocycles. The molecule has 3 nitrogen and oxygen atoms in total. The van der Waals surface area contributed by atoms with Crippen LogP contribution in [-0.2, 0) is 11.2 Å². The zero-order valence-electron chi connectivity index (χ0n) is 7.82. The SMILES string of the molecule is O=C1Cc2ncccc2OC2(CC2)C1. The van der Waals surface area contributed by atoms with Crippen LogP contribution in [0.25, 0.3) is 0 Å². The van der Waals surface area contributed by atoms with Gasteiger partial charge in [0.15, 0.2) is 0 Å². The molecule has 3 rings (SSSR count). The number of fused-ring (bicyclic) bond motifs is 1. The molecule has 1 spiro atoms. The van der Waals surface area contributed by atoms with E-state index >= 15 is 0 Å². The Morgan fingerprint density at radius 2 is 2.29 bits per heavy atom. The molecule has 0 radical (unpaired) electrons. The Kier molecular flexibility index (Phi) is 1.46. The Morgan fingerprint density at radius 3 is 3.07 bits per heavy atom. The molecule has 1 saturated carbocycles. The second-order valence-electron chi connectivity index (χ2n) is 4.13. The van der Waals surface area contributed by atoms with E-state index in [0.29, 0.717) is 12.8 Å². The number of aromatic nitrogens is 1. The van der Waals surface area contributed by atoms with Crippen LogP contribution in [0.1, 0.15) is 25.0 Å². The van der Waals surface area contributed by atoms with Crippen LogP contribution < -0.4 is 4.74 Å². The van der Waals surface area contributed by atoms with Gasteiger partial charge in [0.1, 0.15) is 17.1 Å². The molecule has 0 amide bonds. The van der Waals surface area contributed by atoms with Crippen molar-refractivity contribution in [2.45, 2.75) is 31.3 Å². The van der Waals surface area contributed by atoms with Gasteiger partial charge in [-0.2, -0.15) is 0 Å². The highest BCUT2D eigenvalue weighted by atomic mass is 16.5. The Balaban J connectivity index is 2.04. The van der Waals surface area contributed by atoms with Gasteiger partial charge in [-0.15, -0.1) is 0 Å². The van der Waals surface area contributed by atoms with Crippen molar-refractivity contribution in [1.82, 2.24) is 4.98 Å². The number of pyridine rings is 1. The number of rotatable bonds is 0. The lowest BCUT2D eigenvalue weighted by atomic mass is 10.1. The van der Waals surface area contributed by atoms with Crippen LogP contribution >= 0.6 is 0 Å². The van der Waals surface area contributed by atoms with Crippen molar-refractivity contribution in [3.63, 3.8) is 0 Å². The van der Waals surface area contributed by atoms with Crippen molar-refractivity contribution >= 4 is 5.78 Å². The Hall–Kier alpha value is -1.38. The van der Waals surface area contributed by atoms with E-state index in [1.807, 2.05) is 12.1 Å². The predicted octanol–water partition coefficient (Wildman–Crippen LogP) is 1.51. The molecule has 0 bridgehead atoms. The lowest BCUT2D eigenvalue weighted by Crippen LogP contribution is -2.20. The van der Waals surface area contributed by atoms with Crippen molar-refractivity contribution in [2.75, 3.05) is 0 Å². The van der Waals surface area contributed by atoms with Crippen LogP contribution in [0.4, 0.5) is 0 Å². The van der Waals surface area contributed by atoms with Crippen LogP contribution in [0.2, 0.25) is 0 Å². The van der Waals surface area contributed by atoms with Crippen molar-refractivity contribution in [1.29, 1.82) is 0 Å². The van der Waals surface area contributed by atoms with Crippen LogP contribution in [-0.4, -0.2) is 16.4 Å². The van der Waals surface area contributed by atoms with Gasteiger partial charge in [-0.3, -0.25) is 9.78 Å². The molecule has 72 valence electrons. The summed E-state index contributed by atoms with van der Waals surface area (Å²) in [6.07, 6.45) is 4.71. The highest BCUT2D eigenvalue weighted by molar-refractivity contribution is 5.83. The molecule has 2 heterocycles. The fourth-order valence-electron chi connectivity index (χ4n) is 1.95. The van der Waals surface area contributed by atoms with Crippen LogP contribution in [0.5, 0.6) is 5.75 Å². The number of carbonyl (C=O) groups is 1. The fourth-order valence-corrected chi connectivity index (χ4v) is 1.95. The maximum absolute atomic E-state index is 11.6. The van der Waals surface area contributed by atoms with E-state index < -0.39 is 0 Å². The third-order valence-electron chi connectivity index (χ3n) is 2.87. The van der Waals surface area contributed by atoms with Gasteiger partial charge in [-0.05, 0) is 25.0 Å². The van der Waals surface area contributed by atoms with Gasteiger partial charge in [0.25, 0.3) is 0 Å². The van der Waals surface area contributed by atoms with Gasteiger partial charge < -0.3 is 4.74 Å². The van der Waals surface area contributed by atoms with Crippen molar-refractivity contribution < 1.29 is 9.53 Å². The molecule has 0 unspecified atom stereocenters. The molecular weight excluding hydrogens is 178 g/mol. The quantitative estimate of drug-likeness (QED) is 0.621. The summed E-state index contributed by atoms with van der Waals surface area (Å²) in [6.45, 7) is 0. The standard InChI is InChI=1S/C11H11NO2/c13-8-6-9-10(2-1-5-12-9)14-11(7-8)3-4-11/h1-2,5H,3-4,6-7H2. The van der Waals surface area contributed by atoms with Crippen LogP contribution in [0, 0.1) is 0 Å². The Morgan fingerprint density at radius 1 is 1.43 bits per heavy atom. The van der Waals surface area contributed by atoms with E-state index in [1.54, 1.807) is 6.20 Å². The summed E-state index contributed by atoms with van der Waals surface area (Å²) in [5, 5.41) is 0. The normalized spacial score (nSPS) is 22.4. The largest absolute Gasteiger partial charge is 0.485 e. The number of hydrogen-bond donors (Lipinski definition) is 0. The molecule has 0 saturated heterocycles. The zero-order valence-corrected chi connectivity index (χ0v) is 7.82. The number of hydrogen-bond acceptors (Lipinski definition) is 3. The molecule has 1 aromatic rings. The maximum Gasteiger partial charge on any atom is 0.142 e. The molecule has 0 aromatic carbocycles. The van der Waals surface area contributed by atoms with Crippen molar-refractivity contribution in [3.8, 4) is 5.75 Å². The summed E-state index contributed by atoms with van der Waals surface area (Å²) in [4.78, 5) is 15.8. The summed E-state index contributed by atoms with van der Waals surface area (Å²) in [6, 6.07) is 3.76.